The fraction of sp³-hybridized carbons (Fsp3) is 0.538. The summed E-state index contributed by atoms with van der Waals surface area (Å²) in [5, 5.41) is 2.65. The Kier molecular flexibility index (Phi) is 4.65. The second-order valence-corrected chi connectivity index (χ2v) is 5.06. The lowest BCUT2D eigenvalue weighted by molar-refractivity contribution is -0.147. The summed E-state index contributed by atoms with van der Waals surface area (Å²) in [5.74, 6) is -3.40. The van der Waals surface area contributed by atoms with Gasteiger partial charge in [0.25, 0.3) is 0 Å². The standard InChI is InChI=1S/C13H14F6N2/c14-8-5-10(15)12(16)11(6-8)20-9-1-3-21(4-2-9)7-13(17,18)19/h5-6,9,20H,1-4,7H2. The maximum absolute atomic E-state index is 13.5. The molecule has 0 saturated carbocycles. The lowest BCUT2D eigenvalue weighted by atomic mass is 10.0. The first-order valence-electron chi connectivity index (χ1n) is 6.45. The lowest BCUT2D eigenvalue weighted by Gasteiger charge is -2.33. The predicted molar refractivity (Wildman–Crippen MR) is 65.5 cm³/mol. The highest BCUT2D eigenvalue weighted by atomic mass is 19.4. The number of piperidine rings is 1. The van der Waals surface area contributed by atoms with E-state index in [2.05, 4.69) is 5.32 Å². The highest BCUT2D eigenvalue weighted by Crippen LogP contribution is 2.24. The molecule has 0 radical (unpaired) electrons. The van der Waals surface area contributed by atoms with Gasteiger partial charge in [-0.05, 0) is 12.8 Å². The van der Waals surface area contributed by atoms with Crippen molar-refractivity contribution in [3.63, 3.8) is 0 Å². The van der Waals surface area contributed by atoms with Crippen LogP contribution in [0.1, 0.15) is 12.8 Å². The predicted octanol–water partition coefficient (Wildman–Crippen LogP) is 3.54. The second kappa shape index (κ2) is 6.13. The largest absolute Gasteiger partial charge is 0.401 e. The van der Waals surface area contributed by atoms with Crippen LogP contribution >= 0.6 is 0 Å². The molecule has 1 heterocycles. The molecule has 0 unspecified atom stereocenters. The molecule has 0 aliphatic carbocycles. The Morgan fingerprint density at radius 1 is 1.10 bits per heavy atom. The molecule has 1 aromatic rings. The Balaban J connectivity index is 1.92. The Labute approximate surface area is 117 Å². The van der Waals surface area contributed by atoms with Crippen LogP contribution in [0.25, 0.3) is 0 Å². The number of anilines is 1. The summed E-state index contributed by atoms with van der Waals surface area (Å²) >= 11 is 0. The van der Waals surface area contributed by atoms with Gasteiger partial charge in [0.1, 0.15) is 5.82 Å². The van der Waals surface area contributed by atoms with Gasteiger partial charge in [-0.25, -0.2) is 13.2 Å². The van der Waals surface area contributed by atoms with Gasteiger partial charge >= 0.3 is 6.18 Å². The zero-order valence-electron chi connectivity index (χ0n) is 11.0. The fourth-order valence-corrected chi connectivity index (χ4v) is 2.37. The maximum Gasteiger partial charge on any atom is 0.401 e. The lowest BCUT2D eigenvalue weighted by Crippen LogP contribution is -2.43. The van der Waals surface area contributed by atoms with Gasteiger partial charge in [-0.1, -0.05) is 0 Å². The molecule has 8 heteroatoms. The Morgan fingerprint density at radius 2 is 1.71 bits per heavy atom. The third kappa shape index (κ3) is 4.52. The highest BCUT2D eigenvalue weighted by molar-refractivity contribution is 5.46. The summed E-state index contributed by atoms with van der Waals surface area (Å²) in [7, 11) is 0. The van der Waals surface area contributed by atoms with Gasteiger partial charge in [-0.15, -0.1) is 0 Å². The fourth-order valence-electron chi connectivity index (χ4n) is 2.37. The Morgan fingerprint density at radius 3 is 2.29 bits per heavy atom. The third-order valence-corrected chi connectivity index (χ3v) is 3.34. The Bertz CT molecular complexity index is 494. The summed E-state index contributed by atoms with van der Waals surface area (Å²) in [6.07, 6.45) is -3.57. The molecule has 0 atom stereocenters. The van der Waals surface area contributed by atoms with Gasteiger partial charge in [-0.3, -0.25) is 4.90 Å². The number of halogens is 6. The van der Waals surface area contributed by atoms with Gasteiger partial charge in [0.15, 0.2) is 11.6 Å². The molecule has 1 aliphatic rings. The van der Waals surface area contributed by atoms with E-state index >= 15 is 0 Å². The van der Waals surface area contributed by atoms with Crippen LogP contribution in [0.3, 0.4) is 0 Å². The molecule has 21 heavy (non-hydrogen) atoms. The molecule has 1 aromatic carbocycles. The molecule has 0 spiro atoms. The number of rotatable bonds is 3. The molecular formula is C13H14F6N2. The Hall–Kier alpha value is -1.44. The van der Waals surface area contributed by atoms with Gasteiger partial charge in [0, 0.05) is 31.3 Å². The van der Waals surface area contributed by atoms with Crippen LogP contribution < -0.4 is 5.32 Å². The van der Waals surface area contributed by atoms with Crippen molar-refractivity contribution in [1.29, 1.82) is 0 Å². The molecular weight excluding hydrogens is 298 g/mol. The second-order valence-electron chi connectivity index (χ2n) is 5.06. The quantitative estimate of drug-likeness (QED) is 0.678. The molecule has 1 fully saturated rings. The van der Waals surface area contributed by atoms with Crippen LogP contribution in [0.5, 0.6) is 0 Å². The zero-order valence-corrected chi connectivity index (χ0v) is 11.0. The summed E-state index contributed by atoms with van der Waals surface area (Å²) < 4.78 is 76.3. The highest BCUT2D eigenvalue weighted by Gasteiger charge is 2.32. The molecule has 0 amide bonds. The molecule has 0 bridgehead atoms. The molecule has 1 saturated heterocycles. The minimum absolute atomic E-state index is 0.191. The van der Waals surface area contributed by atoms with Crippen LogP contribution in [0.2, 0.25) is 0 Å². The van der Waals surface area contributed by atoms with Crippen LogP contribution in [0.15, 0.2) is 12.1 Å². The summed E-state index contributed by atoms with van der Waals surface area (Å²) in [6.45, 7) is -0.601. The normalized spacial score (nSPS) is 18.0. The smallest absolute Gasteiger partial charge is 0.380 e. The average Bonchev–Trinajstić information content (AvgIpc) is 2.36. The maximum atomic E-state index is 13.5. The first-order chi connectivity index (χ1) is 9.74. The van der Waals surface area contributed by atoms with E-state index in [1.54, 1.807) is 0 Å². The van der Waals surface area contributed by atoms with E-state index < -0.39 is 30.2 Å². The summed E-state index contributed by atoms with van der Waals surface area (Å²) in [4.78, 5) is 1.25. The first kappa shape index (κ1) is 15.9. The van der Waals surface area contributed by atoms with Crippen molar-refractivity contribution < 1.29 is 26.3 Å². The minimum atomic E-state index is -4.25. The van der Waals surface area contributed by atoms with E-state index in [1.165, 1.54) is 4.90 Å². The SMILES string of the molecule is Fc1cc(F)c(F)c(NC2CCN(CC(F)(F)F)CC2)c1. The number of likely N-dealkylation sites (tertiary alicyclic amines) is 1. The van der Waals surface area contributed by atoms with Gasteiger partial charge in [0.2, 0.25) is 0 Å². The molecule has 118 valence electrons. The zero-order chi connectivity index (χ0) is 15.6. The number of nitrogens with one attached hydrogen (secondary N) is 1. The van der Waals surface area contributed by atoms with Crippen molar-refractivity contribution in [3.05, 3.63) is 29.6 Å². The van der Waals surface area contributed by atoms with E-state index in [4.69, 9.17) is 0 Å². The van der Waals surface area contributed by atoms with Gasteiger partial charge < -0.3 is 5.32 Å². The molecule has 1 aliphatic heterocycles. The van der Waals surface area contributed by atoms with Crippen molar-refractivity contribution in [2.24, 2.45) is 0 Å². The van der Waals surface area contributed by atoms with Crippen molar-refractivity contribution in [3.8, 4) is 0 Å². The van der Waals surface area contributed by atoms with Crippen LogP contribution in [0, 0.1) is 17.5 Å². The number of nitrogens with zero attached hydrogens (tertiary/aromatic N) is 1. The summed E-state index contributed by atoms with van der Waals surface area (Å²) in [6, 6.07) is 0.956. The topological polar surface area (TPSA) is 15.3 Å². The molecule has 2 nitrogen and oxygen atoms in total. The number of benzene rings is 1. The average molecular weight is 312 g/mol. The number of alkyl halides is 3. The molecule has 0 aromatic heterocycles. The van der Waals surface area contributed by atoms with Crippen LogP contribution in [-0.4, -0.2) is 36.8 Å². The third-order valence-electron chi connectivity index (χ3n) is 3.34. The van der Waals surface area contributed by atoms with Crippen molar-refractivity contribution in [1.82, 2.24) is 4.90 Å². The van der Waals surface area contributed by atoms with Crippen LogP contribution in [-0.2, 0) is 0 Å². The van der Waals surface area contributed by atoms with E-state index in [9.17, 15) is 26.3 Å². The van der Waals surface area contributed by atoms with E-state index in [-0.39, 0.29) is 24.8 Å². The number of hydrogen-bond donors (Lipinski definition) is 1. The minimum Gasteiger partial charge on any atom is -0.380 e. The number of hydrogen-bond acceptors (Lipinski definition) is 2. The van der Waals surface area contributed by atoms with Crippen molar-refractivity contribution in [2.75, 3.05) is 25.0 Å². The van der Waals surface area contributed by atoms with E-state index in [1.807, 2.05) is 0 Å². The van der Waals surface area contributed by atoms with Gasteiger partial charge in [-0.2, -0.15) is 13.2 Å². The monoisotopic (exact) mass is 312 g/mol. The van der Waals surface area contributed by atoms with Crippen LogP contribution in [0.4, 0.5) is 32.0 Å². The van der Waals surface area contributed by atoms with Gasteiger partial charge in [0.05, 0.1) is 12.2 Å². The first-order valence-corrected chi connectivity index (χ1v) is 6.45. The summed E-state index contributed by atoms with van der Waals surface area (Å²) in [5.41, 5.74) is -0.304. The van der Waals surface area contributed by atoms with E-state index in [0.717, 1.165) is 6.07 Å². The molecule has 2 rings (SSSR count). The van der Waals surface area contributed by atoms with Crippen molar-refractivity contribution in [2.45, 2.75) is 25.1 Å². The van der Waals surface area contributed by atoms with E-state index in [0.29, 0.717) is 18.9 Å². The van der Waals surface area contributed by atoms with Crippen molar-refractivity contribution >= 4 is 5.69 Å². The molecule has 1 N–H and O–H groups in total.